The van der Waals surface area contributed by atoms with Crippen LogP contribution in [0.3, 0.4) is 0 Å². The normalized spacial score (nSPS) is 16.6. The highest BCUT2D eigenvalue weighted by atomic mass is 32.1. The molecule has 1 aromatic heterocycles. The molecule has 1 aliphatic heterocycles. The van der Waals surface area contributed by atoms with Gasteiger partial charge in [-0.2, -0.15) is 13.2 Å². The van der Waals surface area contributed by atoms with Gasteiger partial charge in [-0.1, -0.05) is 12.1 Å². The number of thiazole rings is 1. The van der Waals surface area contributed by atoms with Gasteiger partial charge in [-0.15, -0.1) is 11.3 Å². The molecule has 0 atom stereocenters. The first-order valence-corrected chi connectivity index (χ1v) is 8.43. The number of ether oxygens (including phenoxy) is 1. The van der Waals surface area contributed by atoms with Crippen LogP contribution < -0.4 is 4.90 Å². The zero-order valence-corrected chi connectivity index (χ0v) is 13.5. The lowest BCUT2D eigenvalue weighted by atomic mass is 10.1. The molecule has 1 aromatic carbocycles. The van der Waals surface area contributed by atoms with E-state index in [1.165, 1.54) is 12.1 Å². The van der Waals surface area contributed by atoms with Gasteiger partial charge < -0.3 is 9.64 Å². The Labute approximate surface area is 140 Å². The Morgan fingerprint density at radius 1 is 1.17 bits per heavy atom. The Bertz CT molecular complexity index is 663. The molecule has 0 aliphatic carbocycles. The highest BCUT2D eigenvalue weighted by molar-refractivity contribution is 7.13. The minimum absolute atomic E-state index is 0.0494. The van der Waals surface area contributed by atoms with Crippen LogP contribution in [0.15, 0.2) is 29.6 Å². The van der Waals surface area contributed by atoms with Crippen LogP contribution in [0.25, 0.3) is 0 Å². The highest BCUT2D eigenvalue weighted by Gasteiger charge is 2.34. The summed E-state index contributed by atoms with van der Waals surface area (Å²) in [4.78, 5) is 5.53. The number of halogens is 4. The van der Waals surface area contributed by atoms with Crippen LogP contribution in [-0.4, -0.2) is 24.2 Å². The van der Waals surface area contributed by atoms with Crippen LogP contribution in [-0.2, 0) is 17.5 Å². The molecule has 0 spiro atoms. The predicted molar refractivity (Wildman–Crippen MR) is 83.5 cm³/mol. The third-order valence-electron chi connectivity index (χ3n) is 3.89. The minimum Gasteiger partial charge on any atom is -0.373 e. The van der Waals surface area contributed by atoms with Gasteiger partial charge in [0.25, 0.3) is 0 Å². The summed E-state index contributed by atoms with van der Waals surface area (Å²) in [6.45, 7) is 1.62. The van der Waals surface area contributed by atoms with Gasteiger partial charge in [-0.05, 0) is 30.5 Å². The lowest BCUT2D eigenvalue weighted by molar-refractivity contribution is -0.140. The second-order valence-electron chi connectivity index (χ2n) is 5.64. The zero-order chi connectivity index (χ0) is 17.2. The number of anilines is 1. The van der Waals surface area contributed by atoms with E-state index in [1.807, 2.05) is 4.90 Å². The highest BCUT2D eigenvalue weighted by Crippen LogP contribution is 2.34. The summed E-state index contributed by atoms with van der Waals surface area (Å²) in [5.41, 5.74) is 0.0609. The van der Waals surface area contributed by atoms with Gasteiger partial charge >= 0.3 is 6.18 Å². The van der Waals surface area contributed by atoms with Crippen molar-refractivity contribution in [2.75, 3.05) is 18.0 Å². The van der Waals surface area contributed by atoms with Crippen LogP contribution in [0.2, 0.25) is 0 Å². The largest absolute Gasteiger partial charge is 0.434 e. The molecule has 0 amide bonds. The SMILES string of the molecule is Fc1ccc(COC2CCN(c3nc(C(F)(F)F)cs3)CC2)cc1. The molecule has 0 bridgehead atoms. The Kier molecular flexibility index (Phi) is 5.05. The van der Waals surface area contributed by atoms with E-state index < -0.39 is 11.9 Å². The number of hydrogen-bond acceptors (Lipinski definition) is 4. The van der Waals surface area contributed by atoms with Crippen LogP contribution in [0.4, 0.5) is 22.7 Å². The quantitative estimate of drug-likeness (QED) is 0.752. The summed E-state index contributed by atoms with van der Waals surface area (Å²) in [7, 11) is 0. The van der Waals surface area contributed by atoms with Crippen LogP contribution in [0, 0.1) is 5.82 Å². The Hall–Kier alpha value is -1.67. The first kappa shape index (κ1) is 17.2. The van der Waals surface area contributed by atoms with Crippen molar-refractivity contribution < 1.29 is 22.3 Å². The Morgan fingerprint density at radius 2 is 1.83 bits per heavy atom. The molecule has 1 aliphatic rings. The lowest BCUT2D eigenvalue weighted by Crippen LogP contribution is -2.37. The molecule has 1 saturated heterocycles. The fourth-order valence-corrected chi connectivity index (χ4v) is 3.43. The van der Waals surface area contributed by atoms with E-state index in [-0.39, 0.29) is 11.9 Å². The zero-order valence-electron chi connectivity index (χ0n) is 12.7. The van der Waals surface area contributed by atoms with Crippen molar-refractivity contribution in [3.8, 4) is 0 Å². The number of piperidine rings is 1. The van der Waals surface area contributed by atoms with Gasteiger partial charge in [0.15, 0.2) is 10.8 Å². The van der Waals surface area contributed by atoms with E-state index in [0.717, 1.165) is 35.1 Å². The molecule has 2 heterocycles. The van der Waals surface area contributed by atoms with E-state index >= 15 is 0 Å². The smallest absolute Gasteiger partial charge is 0.373 e. The molecular formula is C16H16F4N2OS. The average molecular weight is 360 g/mol. The number of rotatable bonds is 4. The lowest BCUT2D eigenvalue weighted by Gasteiger charge is -2.31. The second kappa shape index (κ2) is 7.06. The molecular weight excluding hydrogens is 344 g/mol. The third-order valence-corrected chi connectivity index (χ3v) is 4.80. The maximum Gasteiger partial charge on any atom is 0.434 e. The molecule has 8 heteroatoms. The van der Waals surface area contributed by atoms with Crippen molar-refractivity contribution in [2.24, 2.45) is 0 Å². The van der Waals surface area contributed by atoms with Crippen LogP contribution >= 0.6 is 11.3 Å². The number of benzene rings is 1. The van der Waals surface area contributed by atoms with E-state index in [1.54, 1.807) is 12.1 Å². The summed E-state index contributed by atoms with van der Waals surface area (Å²) >= 11 is 1.01. The van der Waals surface area contributed by atoms with E-state index in [4.69, 9.17) is 4.74 Å². The van der Waals surface area contributed by atoms with Gasteiger partial charge in [0.1, 0.15) is 5.82 Å². The topological polar surface area (TPSA) is 25.4 Å². The monoisotopic (exact) mass is 360 g/mol. The van der Waals surface area contributed by atoms with Gasteiger partial charge in [0.2, 0.25) is 0 Å². The maximum atomic E-state index is 12.8. The summed E-state index contributed by atoms with van der Waals surface area (Å²) < 4.78 is 56.4. The van der Waals surface area contributed by atoms with Gasteiger partial charge in [0, 0.05) is 18.5 Å². The Morgan fingerprint density at radius 3 is 2.42 bits per heavy atom. The minimum atomic E-state index is -4.40. The van der Waals surface area contributed by atoms with Crippen molar-refractivity contribution in [3.05, 3.63) is 46.7 Å². The van der Waals surface area contributed by atoms with Crippen molar-refractivity contribution in [1.82, 2.24) is 4.98 Å². The molecule has 0 radical (unpaired) electrons. The van der Waals surface area contributed by atoms with Gasteiger partial charge in [-0.25, -0.2) is 9.37 Å². The van der Waals surface area contributed by atoms with Gasteiger partial charge in [-0.3, -0.25) is 0 Å². The van der Waals surface area contributed by atoms with Gasteiger partial charge in [0.05, 0.1) is 12.7 Å². The van der Waals surface area contributed by atoms with Crippen molar-refractivity contribution in [1.29, 1.82) is 0 Å². The molecule has 2 aromatic rings. The molecule has 3 nitrogen and oxygen atoms in total. The molecule has 0 saturated carbocycles. The molecule has 0 N–H and O–H groups in total. The molecule has 24 heavy (non-hydrogen) atoms. The Balaban J connectivity index is 1.49. The first-order chi connectivity index (χ1) is 11.4. The summed E-state index contributed by atoms with van der Waals surface area (Å²) in [5, 5.41) is 1.45. The van der Waals surface area contributed by atoms with Crippen molar-refractivity contribution in [3.63, 3.8) is 0 Å². The number of hydrogen-bond donors (Lipinski definition) is 0. The maximum absolute atomic E-state index is 12.8. The number of nitrogens with zero attached hydrogens (tertiary/aromatic N) is 2. The van der Waals surface area contributed by atoms with Crippen molar-refractivity contribution >= 4 is 16.5 Å². The third kappa shape index (κ3) is 4.24. The van der Waals surface area contributed by atoms with E-state index in [0.29, 0.717) is 24.8 Å². The fourth-order valence-electron chi connectivity index (χ4n) is 2.55. The first-order valence-electron chi connectivity index (χ1n) is 7.55. The van der Waals surface area contributed by atoms with Crippen LogP contribution in [0.1, 0.15) is 24.1 Å². The number of aromatic nitrogens is 1. The summed E-state index contributed by atoms with van der Waals surface area (Å²) in [6, 6.07) is 6.14. The average Bonchev–Trinajstić information content (AvgIpc) is 3.05. The van der Waals surface area contributed by atoms with E-state index in [2.05, 4.69) is 4.98 Å². The fraction of sp³-hybridized carbons (Fsp3) is 0.438. The second-order valence-corrected chi connectivity index (χ2v) is 6.47. The number of alkyl halides is 3. The van der Waals surface area contributed by atoms with E-state index in [9.17, 15) is 17.6 Å². The molecule has 0 unspecified atom stereocenters. The predicted octanol–water partition coefficient (Wildman–Crippen LogP) is 4.49. The molecule has 1 fully saturated rings. The summed E-state index contributed by atoms with van der Waals surface area (Å²) in [5.74, 6) is -0.284. The van der Waals surface area contributed by atoms with Crippen molar-refractivity contribution in [2.45, 2.75) is 31.7 Å². The molecule has 130 valence electrons. The standard InChI is InChI=1S/C16H16F4N2OS/c17-12-3-1-11(2-4-12)9-23-13-5-7-22(8-6-13)15-21-14(10-24-15)16(18,19)20/h1-4,10,13H,5-9H2. The summed E-state index contributed by atoms with van der Waals surface area (Å²) in [6.07, 6.45) is -2.90. The van der Waals surface area contributed by atoms with Crippen LogP contribution in [0.5, 0.6) is 0 Å². The molecule has 3 rings (SSSR count).